The van der Waals surface area contributed by atoms with Gasteiger partial charge in [-0.05, 0) is 49.6 Å². The van der Waals surface area contributed by atoms with E-state index in [0.717, 1.165) is 27.7 Å². The van der Waals surface area contributed by atoms with Crippen molar-refractivity contribution in [3.63, 3.8) is 0 Å². The summed E-state index contributed by atoms with van der Waals surface area (Å²) in [5.74, 6) is -0.348. The van der Waals surface area contributed by atoms with Gasteiger partial charge in [0, 0.05) is 28.6 Å². The maximum Gasteiger partial charge on any atom is 0.330 e. The number of esters is 1. The summed E-state index contributed by atoms with van der Waals surface area (Å²) in [6.45, 7) is 8.60. The molecule has 3 aromatic rings. The minimum Gasteiger partial charge on any atom is -0.462 e. The minimum atomic E-state index is -0.362. The van der Waals surface area contributed by atoms with E-state index < -0.39 is 0 Å². The van der Waals surface area contributed by atoms with Gasteiger partial charge < -0.3 is 9.30 Å². The highest BCUT2D eigenvalue weighted by Gasteiger charge is 2.18. The predicted octanol–water partition coefficient (Wildman–Crippen LogP) is 6.24. The third-order valence-electron chi connectivity index (χ3n) is 4.53. The quantitative estimate of drug-likeness (QED) is 0.375. The number of rotatable bonds is 6. The molecule has 1 heterocycles. The number of aromatic nitrogens is 1. The molecule has 0 aliphatic rings. The van der Waals surface area contributed by atoms with Crippen LogP contribution < -0.4 is 0 Å². The Morgan fingerprint density at radius 3 is 2.39 bits per heavy atom. The van der Waals surface area contributed by atoms with Crippen molar-refractivity contribution in [2.24, 2.45) is 5.92 Å². The Morgan fingerprint density at radius 2 is 1.75 bits per heavy atom. The lowest BCUT2D eigenvalue weighted by Gasteiger charge is -2.13. The summed E-state index contributed by atoms with van der Waals surface area (Å²) in [7, 11) is 0. The first-order valence-electron chi connectivity index (χ1n) is 9.62. The highest BCUT2D eigenvalue weighted by atomic mass is 19.1. The predicted molar refractivity (Wildman–Crippen MR) is 113 cm³/mol. The molecule has 0 atom stereocenters. The van der Waals surface area contributed by atoms with Gasteiger partial charge in [-0.15, -0.1) is 0 Å². The Morgan fingerprint density at radius 1 is 1.07 bits per heavy atom. The fourth-order valence-electron chi connectivity index (χ4n) is 3.37. The van der Waals surface area contributed by atoms with Crippen molar-refractivity contribution >= 4 is 22.9 Å². The van der Waals surface area contributed by atoms with Gasteiger partial charge in [-0.2, -0.15) is 0 Å². The number of ether oxygens (including phenoxy) is 1. The van der Waals surface area contributed by atoms with Gasteiger partial charge in [-0.3, -0.25) is 0 Å². The summed E-state index contributed by atoms with van der Waals surface area (Å²) < 4.78 is 20.9. The first-order valence-corrected chi connectivity index (χ1v) is 9.62. The molecule has 0 spiro atoms. The Balaban J connectivity index is 2.16. The van der Waals surface area contributed by atoms with E-state index >= 15 is 0 Å². The molecule has 146 valence electrons. The van der Waals surface area contributed by atoms with Crippen molar-refractivity contribution in [2.75, 3.05) is 6.61 Å². The van der Waals surface area contributed by atoms with Crippen molar-refractivity contribution < 1.29 is 13.9 Å². The highest BCUT2D eigenvalue weighted by molar-refractivity contribution is 6.02. The lowest BCUT2D eigenvalue weighted by Crippen LogP contribution is -2.07. The van der Waals surface area contributed by atoms with Crippen molar-refractivity contribution in [3.05, 3.63) is 66.1 Å². The molecule has 0 N–H and O–H groups in total. The number of carbonyl (C=O) groups is 1. The maximum atomic E-state index is 13.5. The average molecular weight is 379 g/mol. The van der Waals surface area contributed by atoms with E-state index in [2.05, 4.69) is 30.5 Å². The van der Waals surface area contributed by atoms with Crippen LogP contribution in [0.1, 0.15) is 39.4 Å². The van der Waals surface area contributed by atoms with Gasteiger partial charge in [0.25, 0.3) is 0 Å². The van der Waals surface area contributed by atoms with Crippen LogP contribution in [-0.4, -0.2) is 17.1 Å². The zero-order valence-electron chi connectivity index (χ0n) is 16.8. The van der Waals surface area contributed by atoms with Crippen LogP contribution in [0.25, 0.3) is 28.1 Å². The molecule has 0 aliphatic carbocycles. The molecule has 2 aromatic carbocycles. The summed E-state index contributed by atoms with van der Waals surface area (Å²) in [6.07, 6.45) is 3.28. The molecule has 0 amide bonds. The van der Waals surface area contributed by atoms with Crippen LogP contribution in [0.5, 0.6) is 0 Å². The Hall–Kier alpha value is -2.88. The number of para-hydroxylation sites is 1. The standard InChI is InChI=1S/C24H26FNO2/c1-16(2)15-28-23(27)14-13-22-24(18-9-11-19(25)12-10-18)20-7-5-6-8-21(20)26(22)17(3)4/h5-14,16-17H,15H2,1-4H3. The minimum absolute atomic E-state index is 0.186. The summed E-state index contributed by atoms with van der Waals surface area (Å²) in [6, 6.07) is 14.8. The third-order valence-corrected chi connectivity index (χ3v) is 4.53. The molecular formula is C24H26FNO2. The molecule has 0 aliphatic heterocycles. The van der Waals surface area contributed by atoms with Crippen LogP contribution in [0, 0.1) is 11.7 Å². The molecule has 0 saturated heterocycles. The first-order chi connectivity index (χ1) is 13.4. The molecule has 0 bridgehead atoms. The molecule has 4 heteroatoms. The molecule has 28 heavy (non-hydrogen) atoms. The molecule has 0 fully saturated rings. The van der Waals surface area contributed by atoms with E-state index in [9.17, 15) is 9.18 Å². The van der Waals surface area contributed by atoms with Gasteiger partial charge in [0.2, 0.25) is 0 Å². The molecule has 3 rings (SSSR count). The van der Waals surface area contributed by atoms with Gasteiger partial charge in [-0.1, -0.05) is 44.2 Å². The second-order valence-corrected chi connectivity index (χ2v) is 7.61. The van der Waals surface area contributed by atoms with E-state index in [1.54, 1.807) is 18.2 Å². The fourth-order valence-corrected chi connectivity index (χ4v) is 3.37. The van der Waals surface area contributed by atoms with Crippen LogP contribution in [0.15, 0.2) is 54.6 Å². The van der Waals surface area contributed by atoms with E-state index in [4.69, 9.17) is 4.74 Å². The molecular weight excluding hydrogens is 353 g/mol. The summed E-state index contributed by atoms with van der Waals surface area (Å²) in [5, 5.41) is 1.07. The summed E-state index contributed by atoms with van der Waals surface area (Å²) in [4.78, 5) is 12.1. The normalized spacial score (nSPS) is 11.8. The van der Waals surface area contributed by atoms with Gasteiger partial charge in [0.05, 0.1) is 12.3 Å². The van der Waals surface area contributed by atoms with Crippen molar-refractivity contribution in [1.82, 2.24) is 4.57 Å². The second-order valence-electron chi connectivity index (χ2n) is 7.61. The number of hydrogen-bond acceptors (Lipinski definition) is 2. The van der Waals surface area contributed by atoms with E-state index in [1.165, 1.54) is 18.2 Å². The zero-order valence-corrected chi connectivity index (χ0v) is 16.8. The molecule has 3 nitrogen and oxygen atoms in total. The summed E-state index contributed by atoms with van der Waals surface area (Å²) in [5.41, 5.74) is 3.88. The van der Waals surface area contributed by atoms with Crippen LogP contribution in [0.2, 0.25) is 0 Å². The molecule has 0 unspecified atom stereocenters. The Labute approximate surface area is 165 Å². The Bertz CT molecular complexity index is 997. The number of hydrogen-bond donors (Lipinski definition) is 0. The fraction of sp³-hybridized carbons (Fsp3) is 0.292. The van der Waals surface area contributed by atoms with E-state index in [-0.39, 0.29) is 23.7 Å². The topological polar surface area (TPSA) is 31.2 Å². The smallest absolute Gasteiger partial charge is 0.330 e. The summed E-state index contributed by atoms with van der Waals surface area (Å²) >= 11 is 0. The van der Waals surface area contributed by atoms with Gasteiger partial charge >= 0.3 is 5.97 Å². The van der Waals surface area contributed by atoms with Crippen LogP contribution in [0.4, 0.5) is 4.39 Å². The third kappa shape index (κ3) is 4.16. The van der Waals surface area contributed by atoms with Gasteiger partial charge in [-0.25, -0.2) is 9.18 Å². The monoisotopic (exact) mass is 379 g/mol. The average Bonchev–Trinajstić information content (AvgIpc) is 2.99. The van der Waals surface area contributed by atoms with Crippen molar-refractivity contribution in [3.8, 4) is 11.1 Å². The van der Waals surface area contributed by atoms with E-state index in [0.29, 0.717) is 6.61 Å². The van der Waals surface area contributed by atoms with Crippen molar-refractivity contribution in [2.45, 2.75) is 33.7 Å². The number of fused-ring (bicyclic) bond motifs is 1. The number of nitrogens with zero attached hydrogens (tertiary/aromatic N) is 1. The van der Waals surface area contributed by atoms with E-state index in [1.807, 2.05) is 26.0 Å². The zero-order chi connectivity index (χ0) is 20.3. The molecule has 0 radical (unpaired) electrons. The Kier molecular flexibility index (Phi) is 5.98. The van der Waals surface area contributed by atoms with Gasteiger partial charge in [0.1, 0.15) is 5.82 Å². The highest BCUT2D eigenvalue weighted by Crippen LogP contribution is 2.37. The lowest BCUT2D eigenvalue weighted by molar-refractivity contribution is -0.138. The second kappa shape index (κ2) is 8.42. The first kappa shape index (κ1) is 19.9. The van der Waals surface area contributed by atoms with Crippen molar-refractivity contribution in [1.29, 1.82) is 0 Å². The molecule has 1 aromatic heterocycles. The maximum absolute atomic E-state index is 13.5. The SMILES string of the molecule is CC(C)COC(=O)C=Cc1c(-c2ccc(F)cc2)c2ccccc2n1C(C)C. The van der Waals surface area contributed by atoms with Crippen LogP contribution >= 0.6 is 0 Å². The number of halogens is 1. The lowest BCUT2D eigenvalue weighted by atomic mass is 10.0. The van der Waals surface area contributed by atoms with Crippen LogP contribution in [-0.2, 0) is 9.53 Å². The molecule has 0 saturated carbocycles. The van der Waals surface area contributed by atoms with Crippen LogP contribution in [0.3, 0.4) is 0 Å². The number of carbonyl (C=O) groups excluding carboxylic acids is 1. The van der Waals surface area contributed by atoms with Gasteiger partial charge in [0.15, 0.2) is 0 Å². The largest absolute Gasteiger partial charge is 0.462 e. The number of benzene rings is 2.